The van der Waals surface area contributed by atoms with Crippen LogP contribution >= 0.6 is 0 Å². The van der Waals surface area contributed by atoms with Crippen LogP contribution in [0.2, 0.25) is 0 Å². The van der Waals surface area contributed by atoms with Crippen molar-refractivity contribution in [3.8, 4) is 0 Å². The first kappa shape index (κ1) is 12.9. The molecular weight excluding hydrogens is 166 g/mol. The van der Waals surface area contributed by atoms with Crippen LogP contribution in [0.4, 0.5) is 0 Å². The molecule has 0 rings (SSSR count). The fourth-order valence-corrected chi connectivity index (χ4v) is 1.10. The molecule has 0 saturated carbocycles. The summed E-state index contributed by atoms with van der Waals surface area (Å²) in [7, 11) is 3.68. The predicted molar refractivity (Wildman–Crippen MR) is 55.0 cm³/mol. The highest BCUT2D eigenvalue weighted by atomic mass is 16.5. The molecule has 13 heavy (non-hydrogen) atoms. The first-order valence-corrected chi connectivity index (χ1v) is 4.98. The molecule has 80 valence electrons. The highest BCUT2D eigenvalue weighted by Gasteiger charge is 2.01. The molecule has 0 spiro atoms. The average molecular weight is 189 g/mol. The van der Waals surface area contributed by atoms with Gasteiger partial charge in [-0.25, -0.2) is 0 Å². The SMILES string of the molecule is CNC(C)CCCOC(C)COC. The Balaban J connectivity index is 3.15. The van der Waals surface area contributed by atoms with Crippen LogP contribution < -0.4 is 5.32 Å². The van der Waals surface area contributed by atoms with E-state index in [9.17, 15) is 0 Å². The molecule has 0 aliphatic heterocycles. The molecule has 2 unspecified atom stereocenters. The van der Waals surface area contributed by atoms with Crippen molar-refractivity contribution < 1.29 is 9.47 Å². The van der Waals surface area contributed by atoms with Crippen molar-refractivity contribution >= 4 is 0 Å². The topological polar surface area (TPSA) is 30.5 Å². The van der Waals surface area contributed by atoms with Crippen molar-refractivity contribution in [1.82, 2.24) is 5.32 Å². The van der Waals surface area contributed by atoms with Gasteiger partial charge in [-0.05, 0) is 33.7 Å². The summed E-state index contributed by atoms with van der Waals surface area (Å²) in [5, 5.41) is 3.20. The molecule has 1 N–H and O–H groups in total. The number of nitrogens with one attached hydrogen (secondary N) is 1. The molecule has 2 atom stereocenters. The zero-order chi connectivity index (χ0) is 10.1. The van der Waals surface area contributed by atoms with Crippen LogP contribution in [0, 0.1) is 0 Å². The monoisotopic (exact) mass is 189 g/mol. The van der Waals surface area contributed by atoms with E-state index in [1.807, 2.05) is 14.0 Å². The van der Waals surface area contributed by atoms with E-state index in [0.29, 0.717) is 12.6 Å². The number of hydrogen-bond donors (Lipinski definition) is 1. The van der Waals surface area contributed by atoms with E-state index in [4.69, 9.17) is 9.47 Å². The van der Waals surface area contributed by atoms with E-state index in [2.05, 4.69) is 12.2 Å². The minimum Gasteiger partial charge on any atom is -0.382 e. The van der Waals surface area contributed by atoms with Gasteiger partial charge in [-0.3, -0.25) is 0 Å². The highest BCUT2D eigenvalue weighted by Crippen LogP contribution is 1.98. The van der Waals surface area contributed by atoms with Crippen LogP contribution in [-0.4, -0.2) is 39.5 Å². The summed E-state index contributed by atoms with van der Waals surface area (Å²) < 4.78 is 10.5. The van der Waals surface area contributed by atoms with Gasteiger partial charge >= 0.3 is 0 Å². The Bertz CT molecular complexity index is 109. The molecule has 0 heterocycles. The van der Waals surface area contributed by atoms with Crippen LogP contribution in [0.3, 0.4) is 0 Å². The molecule has 3 heteroatoms. The van der Waals surface area contributed by atoms with Gasteiger partial charge in [-0.1, -0.05) is 0 Å². The molecule has 0 amide bonds. The fourth-order valence-electron chi connectivity index (χ4n) is 1.10. The fraction of sp³-hybridized carbons (Fsp3) is 1.00. The Morgan fingerprint density at radius 1 is 1.31 bits per heavy atom. The molecule has 0 aromatic heterocycles. The van der Waals surface area contributed by atoms with Gasteiger partial charge in [0.05, 0.1) is 12.7 Å². The summed E-state index contributed by atoms with van der Waals surface area (Å²) >= 11 is 0. The van der Waals surface area contributed by atoms with Crippen LogP contribution in [0.15, 0.2) is 0 Å². The van der Waals surface area contributed by atoms with Gasteiger partial charge in [-0.15, -0.1) is 0 Å². The number of hydrogen-bond acceptors (Lipinski definition) is 3. The third kappa shape index (κ3) is 8.22. The van der Waals surface area contributed by atoms with Crippen molar-refractivity contribution in [3.05, 3.63) is 0 Å². The molecule has 0 bridgehead atoms. The average Bonchev–Trinajstić information content (AvgIpc) is 2.12. The number of methoxy groups -OCH3 is 1. The first-order valence-electron chi connectivity index (χ1n) is 4.98. The Kier molecular flexibility index (Phi) is 8.40. The maximum atomic E-state index is 5.52. The quantitative estimate of drug-likeness (QED) is 0.586. The number of ether oxygens (including phenoxy) is 2. The largest absolute Gasteiger partial charge is 0.382 e. The van der Waals surface area contributed by atoms with E-state index < -0.39 is 0 Å². The molecular formula is C10H23NO2. The van der Waals surface area contributed by atoms with Gasteiger partial charge in [-0.2, -0.15) is 0 Å². The Labute approximate surface area is 81.8 Å². The second kappa shape index (κ2) is 8.48. The Morgan fingerprint density at radius 3 is 2.54 bits per heavy atom. The second-order valence-corrected chi connectivity index (χ2v) is 3.47. The van der Waals surface area contributed by atoms with E-state index in [-0.39, 0.29) is 6.10 Å². The lowest BCUT2D eigenvalue weighted by molar-refractivity contribution is 0.00728. The molecule has 0 aromatic rings. The van der Waals surface area contributed by atoms with Gasteiger partial charge in [0, 0.05) is 19.8 Å². The van der Waals surface area contributed by atoms with Gasteiger partial charge in [0.15, 0.2) is 0 Å². The third-order valence-electron chi connectivity index (χ3n) is 2.08. The zero-order valence-electron chi connectivity index (χ0n) is 9.30. The smallest absolute Gasteiger partial charge is 0.0780 e. The van der Waals surface area contributed by atoms with Crippen molar-refractivity contribution in [1.29, 1.82) is 0 Å². The van der Waals surface area contributed by atoms with Crippen LogP contribution in [0.1, 0.15) is 26.7 Å². The molecule has 0 fully saturated rings. The predicted octanol–water partition coefficient (Wildman–Crippen LogP) is 1.43. The first-order chi connectivity index (χ1) is 6.20. The van der Waals surface area contributed by atoms with E-state index in [1.54, 1.807) is 7.11 Å². The lowest BCUT2D eigenvalue weighted by Gasteiger charge is -2.13. The zero-order valence-corrected chi connectivity index (χ0v) is 9.30. The summed E-state index contributed by atoms with van der Waals surface area (Å²) in [6.45, 7) is 5.72. The van der Waals surface area contributed by atoms with Crippen molar-refractivity contribution in [2.75, 3.05) is 27.4 Å². The Hall–Kier alpha value is -0.120. The molecule has 0 aliphatic rings. The summed E-state index contributed by atoms with van der Waals surface area (Å²) in [5.74, 6) is 0. The minimum atomic E-state index is 0.217. The van der Waals surface area contributed by atoms with Gasteiger partial charge in [0.25, 0.3) is 0 Å². The van der Waals surface area contributed by atoms with Gasteiger partial charge < -0.3 is 14.8 Å². The third-order valence-corrected chi connectivity index (χ3v) is 2.08. The van der Waals surface area contributed by atoms with Gasteiger partial charge in [0.1, 0.15) is 0 Å². The highest BCUT2D eigenvalue weighted by molar-refractivity contribution is 4.56. The molecule has 3 nitrogen and oxygen atoms in total. The van der Waals surface area contributed by atoms with E-state index >= 15 is 0 Å². The maximum absolute atomic E-state index is 5.52. The summed E-state index contributed by atoms with van der Waals surface area (Å²) in [4.78, 5) is 0. The molecule has 0 aliphatic carbocycles. The van der Waals surface area contributed by atoms with Crippen molar-refractivity contribution in [2.45, 2.75) is 38.8 Å². The number of rotatable bonds is 8. The van der Waals surface area contributed by atoms with Crippen molar-refractivity contribution in [3.63, 3.8) is 0 Å². The van der Waals surface area contributed by atoms with E-state index in [0.717, 1.165) is 19.4 Å². The van der Waals surface area contributed by atoms with Crippen molar-refractivity contribution in [2.24, 2.45) is 0 Å². The van der Waals surface area contributed by atoms with E-state index in [1.165, 1.54) is 0 Å². The minimum absolute atomic E-state index is 0.217. The summed E-state index contributed by atoms with van der Waals surface area (Å²) in [5.41, 5.74) is 0. The lowest BCUT2D eigenvalue weighted by atomic mass is 10.2. The van der Waals surface area contributed by atoms with Crippen LogP contribution in [0.5, 0.6) is 0 Å². The van der Waals surface area contributed by atoms with Gasteiger partial charge in [0.2, 0.25) is 0 Å². The normalized spacial score (nSPS) is 15.7. The summed E-state index contributed by atoms with van der Waals surface area (Å²) in [6, 6.07) is 0.585. The summed E-state index contributed by atoms with van der Waals surface area (Å²) in [6.07, 6.45) is 2.49. The Morgan fingerprint density at radius 2 is 2.00 bits per heavy atom. The maximum Gasteiger partial charge on any atom is 0.0780 e. The van der Waals surface area contributed by atoms with Crippen LogP contribution in [0.25, 0.3) is 0 Å². The standard InChI is InChI=1S/C10H23NO2/c1-9(11-3)6-5-7-13-10(2)8-12-4/h9-11H,5-8H2,1-4H3. The van der Waals surface area contributed by atoms with Crippen LogP contribution in [-0.2, 0) is 9.47 Å². The molecule has 0 radical (unpaired) electrons. The lowest BCUT2D eigenvalue weighted by Crippen LogP contribution is -2.22. The second-order valence-electron chi connectivity index (χ2n) is 3.47. The molecule has 0 saturated heterocycles. The molecule has 0 aromatic carbocycles.